The van der Waals surface area contributed by atoms with Crippen LogP contribution in [0, 0.1) is 0 Å². The highest BCUT2D eigenvalue weighted by molar-refractivity contribution is 5.70. The fourth-order valence-electron chi connectivity index (χ4n) is 3.56. The van der Waals surface area contributed by atoms with Crippen molar-refractivity contribution in [3.63, 3.8) is 0 Å². The molecule has 1 aliphatic rings. The highest BCUT2D eigenvalue weighted by Gasteiger charge is 2.32. The molecule has 130 valence electrons. The molecule has 0 fully saturated rings. The number of fused-ring (bicyclic) bond motifs is 1. The zero-order chi connectivity index (χ0) is 17.8. The number of carbonyl (C=O) groups is 1. The third-order valence-corrected chi connectivity index (χ3v) is 4.84. The third kappa shape index (κ3) is 3.33. The summed E-state index contributed by atoms with van der Waals surface area (Å²) in [5.74, 6) is 0. The Hall–Kier alpha value is -3.07. The summed E-state index contributed by atoms with van der Waals surface area (Å²) in [6.07, 6.45) is 0.581. The van der Waals surface area contributed by atoms with Crippen molar-refractivity contribution < 1.29 is 9.53 Å². The Morgan fingerprint density at radius 3 is 2.31 bits per heavy atom. The lowest BCUT2D eigenvalue weighted by molar-refractivity contribution is 0.0837. The smallest absolute Gasteiger partial charge is 0.410 e. The lowest BCUT2D eigenvalue weighted by Gasteiger charge is -2.37. The summed E-state index contributed by atoms with van der Waals surface area (Å²) in [6.45, 7) is 0.948. The van der Waals surface area contributed by atoms with Gasteiger partial charge in [0.2, 0.25) is 0 Å². The van der Waals surface area contributed by atoms with Gasteiger partial charge in [0.1, 0.15) is 6.61 Å². The number of nitrogens with zero attached hydrogens (tertiary/aromatic N) is 1. The number of ether oxygens (including phenoxy) is 1. The topological polar surface area (TPSA) is 29.5 Å². The van der Waals surface area contributed by atoms with Gasteiger partial charge < -0.3 is 4.74 Å². The number of hydrogen-bond acceptors (Lipinski definition) is 2. The van der Waals surface area contributed by atoms with Crippen molar-refractivity contribution in [3.05, 3.63) is 107 Å². The van der Waals surface area contributed by atoms with Gasteiger partial charge in [-0.2, -0.15) is 0 Å². The summed E-state index contributed by atoms with van der Waals surface area (Å²) in [5.41, 5.74) is 4.58. The molecule has 3 aromatic rings. The van der Waals surface area contributed by atoms with Crippen LogP contribution >= 0.6 is 0 Å². The standard InChI is InChI=1S/C23H21NO2/c25-23(26-17-18-9-3-1-4-10-18)24-16-15-19-11-7-8-14-21(19)22(24)20-12-5-2-6-13-20/h1-14,22H,15-17H2/t22-/m1/s1. The Morgan fingerprint density at radius 2 is 1.54 bits per heavy atom. The van der Waals surface area contributed by atoms with Crippen molar-refractivity contribution in [2.24, 2.45) is 0 Å². The summed E-state index contributed by atoms with van der Waals surface area (Å²) in [4.78, 5) is 14.7. The molecule has 0 bridgehead atoms. The minimum absolute atomic E-state index is 0.107. The summed E-state index contributed by atoms with van der Waals surface area (Å²) < 4.78 is 5.62. The molecule has 0 unspecified atom stereocenters. The maximum Gasteiger partial charge on any atom is 0.410 e. The van der Waals surface area contributed by atoms with Crippen LogP contribution in [-0.4, -0.2) is 17.5 Å². The highest BCUT2D eigenvalue weighted by Crippen LogP contribution is 2.35. The second kappa shape index (κ2) is 7.44. The van der Waals surface area contributed by atoms with Gasteiger partial charge in [-0.25, -0.2) is 4.79 Å². The van der Waals surface area contributed by atoms with E-state index in [0.29, 0.717) is 13.2 Å². The lowest BCUT2D eigenvalue weighted by atomic mass is 9.88. The van der Waals surface area contributed by atoms with Crippen LogP contribution in [0.25, 0.3) is 0 Å². The molecule has 0 saturated heterocycles. The van der Waals surface area contributed by atoms with Gasteiger partial charge in [-0.3, -0.25) is 4.90 Å². The van der Waals surface area contributed by atoms with Gasteiger partial charge in [-0.05, 0) is 28.7 Å². The molecule has 3 nitrogen and oxygen atoms in total. The molecule has 0 spiro atoms. The molecule has 4 rings (SSSR count). The zero-order valence-electron chi connectivity index (χ0n) is 14.5. The average molecular weight is 343 g/mol. The van der Waals surface area contributed by atoms with Crippen LogP contribution in [0.1, 0.15) is 28.3 Å². The van der Waals surface area contributed by atoms with E-state index in [1.165, 1.54) is 11.1 Å². The Kier molecular flexibility index (Phi) is 4.69. The van der Waals surface area contributed by atoms with Crippen molar-refractivity contribution in [1.82, 2.24) is 4.90 Å². The summed E-state index contributed by atoms with van der Waals surface area (Å²) in [6, 6.07) is 28.2. The maximum absolute atomic E-state index is 12.9. The van der Waals surface area contributed by atoms with Gasteiger partial charge in [0, 0.05) is 6.54 Å². The van der Waals surface area contributed by atoms with Crippen LogP contribution in [0.2, 0.25) is 0 Å². The average Bonchev–Trinajstić information content (AvgIpc) is 2.72. The van der Waals surface area contributed by atoms with Crippen LogP contribution in [0.3, 0.4) is 0 Å². The molecule has 3 heteroatoms. The highest BCUT2D eigenvalue weighted by atomic mass is 16.6. The maximum atomic E-state index is 12.9. The molecule has 3 aromatic carbocycles. The number of rotatable bonds is 3. The van der Waals surface area contributed by atoms with Crippen molar-refractivity contribution >= 4 is 6.09 Å². The second-order valence-corrected chi connectivity index (χ2v) is 6.50. The second-order valence-electron chi connectivity index (χ2n) is 6.50. The molecular weight excluding hydrogens is 322 g/mol. The number of benzene rings is 3. The van der Waals surface area contributed by atoms with E-state index in [4.69, 9.17) is 4.74 Å². The third-order valence-electron chi connectivity index (χ3n) is 4.84. The Balaban J connectivity index is 1.61. The predicted octanol–water partition coefficient (Wildman–Crippen LogP) is 4.97. The Bertz CT molecular complexity index is 877. The van der Waals surface area contributed by atoms with Crippen LogP contribution in [-0.2, 0) is 17.8 Å². The molecule has 0 aliphatic carbocycles. The first-order chi connectivity index (χ1) is 12.8. The van der Waals surface area contributed by atoms with Crippen LogP contribution in [0.15, 0.2) is 84.9 Å². The molecule has 1 amide bonds. The zero-order valence-corrected chi connectivity index (χ0v) is 14.5. The molecule has 0 N–H and O–H groups in total. The number of hydrogen-bond donors (Lipinski definition) is 0. The molecular formula is C23H21NO2. The van der Waals surface area contributed by atoms with Crippen LogP contribution in [0.5, 0.6) is 0 Å². The van der Waals surface area contributed by atoms with E-state index in [2.05, 4.69) is 30.3 Å². The van der Waals surface area contributed by atoms with E-state index < -0.39 is 0 Å². The van der Waals surface area contributed by atoms with Crippen LogP contribution < -0.4 is 0 Å². The van der Waals surface area contributed by atoms with Gasteiger partial charge in [0.25, 0.3) is 0 Å². The fourth-order valence-corrected chi connectivity index (χ4v) is 3.56. The van der Waals surface area contributed by atoms with Gasteiger partial charge in [0.05, 0.1) is 6.04 Å². The van der Waals surface area contributed by atoms with E-state index in [1.54, 1.807) is 0 Å². The van der Waals surface area contributed by atoms with Gasteiger partial charge in [-0.1, -0.05) is 84.9 Å². The molecule has 0 aromatic heterocycles. The largest absolute Gasteiger partial charge is 0.445 e. The SMILES string of the molecule is O=C(OCc1ccccc1)N1CCc2ccccc2[C@H]1c1ccccc1. The summed E-state index contributed by atoms with van der Waals surface area (Å²) in [7, 11) is 0. The monoisotopic (exact) mass is 343 g/mol. The molecule has 0 radical (unpaired) electrons. The quantitative estimate of drug-likeness (QED) is 0.672. The number of amides is 1. The summed E-state index contributed by atoms with van der Waals surface area (Å²) in [5, 5.41) is 0. The van der Waals surface area contributed by atoms with Gasteiger partial charge in [-0.15, -0.1) is 0 Å². The van der Waals surface area contributed by atoms with E-state index in [9.17, 15) is 4.79 Å². The van der Waals surface area contributed by atoms with E-state index >= 15 is 0 Å². The Labute approximate surface area is 153 Å². The van der Waals surface area contributed by atoms with Crippen molar-refractivity contribution in [3.8, 4) is 0 Å². The van der Waals surface area contributed by atoms with Crippen LogP contribution in [0.4, 0.5) is 4.79 Å². The number of carbonyl (C=O) groups excluding carboxylic acids is 1. The van der Waals surface area contributed by atoms with E-state index in [-0.39, 0.29) is 12.1 Å². The van der Waals surface area contributed by atoms with Gasteiger partial charge in [0.15, 0.2) is 0 Å². The normalized spacial score (nSPS) is 16.0. The first-order valence-corrected chi connectivity index (χ1v) is 8.93. The Morgan fingerprint density at radius 1 is 0.885 bits per heavy atom. The van der Waals surface area contributed by atoms with Crippen molar-refractivity contribution in [2.75, 3.05) is 6.54 Å². The van der Waals surface area contributed by atoms with Crippen molar-refractivity contribution in [1.29, 1.82) is 0 Å². The molecule has 26 heavy (non-hydrogen) atoms. The minimum atomic E-state index is -0.266. The molecule has 1 atom stereocenters. The molecule has 0 saturated carbocycles. The molecule has 1 aliphatic heterocycles. The van der Waals surface area contributed by atoms with E-state index in [1.807, 2.05) is 59.5 Å². The predicted molar refractivity (Wildman–Crippen MR) is 102 cm³/mol. The first kappa shape index (κ1) is 16.4. The van der Waals surface area contributed by atoms with E-state index in [0.717, 1.165) is 17.5 Å². The fraction of sp³-hybridized carbons (Fsp3) is 0.174. The summed E-state index contributed by atoms with van der Waals surface area (Å²) >= 11 is 0. The minimum Gasteiger partial charge on any atom is -0.445 e. The molecule has 1 heterocycles. The van der Waals surface area contributed by atoms with Crippen molar-refractivity contribution in [2.45, 2.75) is 19.1 Å². The lowest BCUT2D eigenvalue weighted by Crippen LogP contribution is -2.40. The first-order valence-electron chi connectivity index (χ1n) is 8.93. The van der Waals surface area contributed by atoms with Gasteiger partial charge >= 0.3 is 6.09 Å².